The Balaban J connectivity index is 2.04. The summed E-state index contributed by atoms with van der Waals surface area (Å²) in [6.07, 6.45) is 5.79. The molecule has 0 saturated carbocycles. The van der Waals surface area contributed by atoms with Crippen LogP contribution >= 0.6 is 0 Å². The molecule has 1 aromatic rings. The van der Waals surface area contributed by atoms with Gasteiger partial charge in [-0.15, -0.1) is 19.7 Å². The first-order valence-electron chi connectivity index (χ1n) is 7.71. The summed E-state index contributed by atoms with van der Waals surface area (Å²) in [6, 6.07) is 1.76. The van der Waals surface area contributed by atoms with Crippen molar-refractivity contribution >= 4 is 5.82 Å². The molecule has 130 valence electrons. The van der Waals surface area contributed by atoms with Crippen molar-refractivity contribution in [1.82, 2.24) is 9.55 Å². The van der Waals surface area contributed by atoms with Gasteiger partial charge in [0.25, 0.3) is 0 Å². The van der Waals surface area contributed by atoms with E-state index in [1.807, 2.05) is 4.90 Å². The number of rotatable bonds is 10. The molecule has 0 N–H and O–H groups in total. The molecular formula is C17H23N3O4. The number of nitrogens with zero attached hydrogens (tertiary/aromatic N) is 3. The van der Waals surface area contributed by atoms with Crippen molar-refractivity contribution in [3.63, 3.8) is 0 Å². The van der Waals surface area contributed by atoms with Crippen LogP contribution in [0.2, 0.25) is 0 Å². The lowest BCUT2D eigenvalue weighted by Crippen LogP contribution is -2.32. The summed E-state index contributed by atoms with van der Waals surface area (Å²) < 4.78 is 17.8. The van der Waals surface area contributed by atoms with Gasteiger partial charge in [0.2, 0.25) is 0 Å². The molecule has 24 heavy (non-hydrogen) atoms. The van der Waals surface area contributed by atoms with Crippen LogP contribution in [0.25, 0.3) is 0 Å². The Kier molecular flexibility index (Phi) is 6.92. The average molecular weight is 333 g/mol. The number of aromatic nitrogens is 2. The maximum Gasteiger partial charge on any atom is 0.351 e. The Morgan fingerprint density at radius 1 is 1.33 bits per heavy atom. The van der Waals surface area contributed by atoms with Gasteiger partial charge in [0.05, 0.1) is 19.8 Å². The van der Waals surface area contributed by atoms with Gasteiger partial charge in [0.15, 0.2) is 12.5 Å². The van der Waals surface area contributed by atoms with Crippen molar-refractivity contribution in [3.05, 3.63) is 60.7 Å². The second kappa shape index (κ2) is 9.17. The molecule has 1 saturated heterocycles. The van der Waals surface area contributed by atoms with Gasteiger partial charge in [-0.2, -0.15) is 4.98 Å². The highest BCUT2D eigenvalue weighted by atomic mass is 16.7. The molecule has 1 aromatic heterocycles. The SMILES string of the molecule is C=CCOC[C@H]1OC[C@@H](n2ccc(N(CC=C)CC=C)nc2=O)O1. The van der Waals surface area contributed by atoms with E-state index in [0.29, 0.717) is 25.5 Å². The lowest BCUT2D eigenvalue weighted by molar-refractivity contribution is -0.111. The Morgan fingerprint density at radius 3 is 2.71 bits per heavy atom. The minimum absolute atomic E-state index is 0.270. The van der Waals surface area contributed by atoms with Crippen LogP contribution in [0.15, 0.2) is 55.0 Å². The van der Waals surface area contributed by atoms with Crippen molar-refractivity contribution in [2.75, 3.05) is 37.8 Å². The summed E-state index contributed by atoms with van der Waals surface area (Å²) >= 11 is 0. The second-order valence-electron chi connectivity index (χ2n) is 5.14. The first-order valence-corrected chi connectivity index (χ1v) is 7.71. The summed E-state index contributed by atoms with van der Waals surface area (Å²) in [6.45, 7) is 13.1. The maximum atomic E-state index is 12.3. The topological polar surface area (TPSA) is 65.8 Å². The largest absolute Gasteiger partial charge is 0.372 e. The second-order valence-corrected chi connectivity index (χ2v) is 5.14. The molecule has 0 aromatic carbocycles. The molecule has 0 unspecified atom stereocenters. The van der Waals surface area contributed by atoms with E-state index in [9.17, 15) is 4.79 Å². The van der Waals surface area contributed by atoms with Crippen LogP contribution < -0.4 is 10.6 Å². The summed E-state index contributed by atoms with van der Waals surface area (Å²) in [4.78, 5) is 18.3. The highest BCUT2D eigenvalue weighted by Crippen LogP contribution is 2.20. The summed E-state index contributed by atoms with van der Waals surface area (Å²) in [5.41, 5.74) is -0.396. The molecule has 7 nitrogen and oxygen atoms in total. The van der Waals surface area contributed by atoms with E-state index >= 15 is 0 Å². The van der Waals surface area contributed by atoms with E-state index in [1.165, 1.54) is 4.57 Å². The predicted molar refractivity (Wildman–Crippen MR) is 92.0 cm³/mol. The van der Waals surface area contributed by atoms with Crippen LogP contribution in [-0.4, -0.2) is 48.8 Å². The van der Waals surface area contributed by atoms with E-state index < -0.39 is 18.2 Å². The first kappa shape index (κ1) is 18.1. The molecule has 0 aliphatic carbocycles. The van der Waals surface area contributed by atoms with E-state index in [2.05, 4.69) is 24.7 Å². The van der Waals surface area contributed by atoms with Crippen LogP contribution in [0.5, 0.6) is 0 Å². The molecule has 1 aliphatic rings. The van der Waals surface area contributed by atoms with Crippen LogP contribution in [0.4, 0.5) is 5.82 Å². The lowest BCUT2D eigenvalue weighted by atomic mass is 10.4. The van der Waals surface area contributed by atoms with Gasteiger partial charge in [-0.05, 0) is 6.07 Å². The van der Waals surface area contributed by atoms with E-state index in [4.69, 9.17) is 14.2 Å². The van der Waals surface area contributed by atoms with Crippen molar-refractivity contribution in [2.45, 2.75) is 12.5 Å². The van der Waals surface area contributed by atoms with Crippen LogP contribution in [0, 0.1) is 0 Å². The molecule has 7 heteroatoms. The molecule has 0 radical (unpaired) electrons. The zero-order chi connectivity index (χ0) is 17.4. The fraction of sp³-hybridized carbons (Fsp3) is 0.412. The number of hydrogen-bond acceptors (Lipinski definition) is 6. The van der Waals surface area contributed by atoms with E-state index in [0.717, 1.165) is 0 Å². The van der Waals surface area contributed by atoms with Gasteiger partial charge >= 0.3 is 5.69 Å². The van der Waals surface area contributed by atoms with Gasteiger partial charge < -0.3 is 19.1 Å². The van der Waals surface area contributed by atoms with Crippen LogP contribution in [0.1, 0.15) is 6.23 Å². The van der Waals surface area contributed by atoms with E-state index in [1.54, 1.807) is 30.5 Å². The van der Waals surface area contributed by atoms with Gasteiger partial charge in [0.1, 0.15) is 5.82 Å². The summed E-state index contributed by atoms with van der Waals surface area (Å²) in [5.74, 6) is 0.570. The lowest BCUT2D eigenvalue weighted by Gasteiger charge is -2.21. The predicted octanol–water partition coefficient (Wildman–Crippen LogP) is 1.50. The third-order valence-corrected chi connectivity index (χ3v) is 3.37. The third-order valence-electron chi connectivity index (χ3n) is 3.37. The molecular weight excluding hydrogens is 310 g/mol. The molecule has 2 atom stereocenters. The monoisotopic (exact) mass is 333 g/mol. The molecule has 0 bridgehead atoms. The Bertz CT molecular complexity index is 619. The van der Waals surface area contributed by atoms with Gasteiger partial charge in [0, 0.05) is 19.3 Å². The standard InChI is InChI=1S/C17H23N3O4/c1-4-8-19(9-5-2)14-7-10-20(17(21)18-14)15-12-23-16(24-15)13-22-11-6-3/h4-7,10,15-16H,1-3,8-9,11-13H2/t15-,16-/m0/s1. The Hall–Kier alpha value is -2.22. The minimum atomic E-state index is -0.511. The zero-order valence-electron chi connectivity index (χ0n) is 13.7. The van der Waals surface area contributed by atoms with Crippen molar-refractivity contribution in [2.24, 2.45) is 0 Å². The Morgan fingerprint density at radius 2 is 2.08 bits per heavy atom. The Labute approximate surface area is 141 Å². The smallest absolute Gasteiger partial charge is 0.351 e. The fourth-order valence-corrected chi connectivity index (χ4v) is 2.30. The number of hydrogen-bond donors (Lipinski definition) is 0. The van der Waals surface area contributed by atoms with E-state index in [-0.39, 0.29) is 13.2 Å². The van der Waals surface area contributed by atoms with Gasteiger partial charge in [-0.25, -0.2) is 4.79 Å². The first-order chi connectivity index (χ1) is 11.7. The molecule has 0 amide bonds. The van der Waals surface area contributed by atoms with Crippen LogP contribution in [0.3, 0.4) is 0 Å². The number of anilines is 1. The molecule has 1 fully saturated rings. The van der Waals surface area contributed by atoms with Crippen molar-refractivity contribution in [1.29, 1.82) is 0 Å². The average Bonchev–Trinajstić information content (AvgIpc) is 3.03. The fourth-order valence-electron chi connectivity index (χ4n) is 2.30. The van der Waals surface area contributed by atoms with Crippen molar-refractivity contribution < 1.29 is 14.2 Å². The maximum absolute atomic E-state index is 12.3. The summed E-state index contributed by atoms with van der Waals surface area (Å²) in [5, 5.41) is 0. The normalized spacial score (nSPS) is 19.8. The zero-order valence-corrected chi connectivity index (χ0v) is 13.7. The minimum Gasteiger partial charge on any atom is -0.372 e. The van der Waals surface area contributed by atoms with Crippen molar-refractivity contribution in [3.8, 4) is 0 Å². The molecule has 1 aliphatic heterocycles. The molecule has 2 rings (SSSR count). The highest BCUT2D eigenvalue weighted by Gasteiger charge is 2.28. The molecule has 2 heterocycles. The molecule has 0 spiro atoms. The third kappa shape index (κ3) is 4.64. The van der Waals surface area contributed by atoms with Gasteiger partial charge in [-0.1, -0.05) is 18.2 Å². The highest BCUT2D eigenvalue weighted by molar-refractivity contribution is 5.38. The van der Waals surface area contributed by atoms with Gasteiger partial charge in [-0.3, -0.25) is 4.57 Å². The number of ether oxygens (including phenoxy) is 3. The quantitative estimate of drug-likeness (QED) is 0.477. The summed E-state index contributed by atoms with van der Waals surface area (Å²) in [7, 11) is 0. The van der Waals surface area contributed by atoms with Crippen LogP contribution in [-0.2, 0) is 14.2 Å².